The number of rotatable bonds is 5. The normalized spacial score (nSPS) is 14.9. The number of halogens is 1. The van der Waals surface area contributed by atoms with E-state index >= 15 is 0 Å². The first kappa shape index (κ1) is 13.4. The smallest absolute Gasteiger partial charge is 0.127 e. The number of hydrogen-bond acceptors (Lipinski definition) is 2. The third-order valence-corrected chi connectivity index (χ3v) is 3.18. The maximum absolute atomic E-state index is 6.23. The zero-order chi connectivity index (χ0) is 13.1. The zero-order valence-corrected chi connectivity index (χ0v) is 11.8. The number of methoxy groups -OCH3 is 1. The molecule has 0 bridgehead atoms. The fourth-order valence-electron chi connectivity index (χ4n) is 2.24. The number of alkyl halides is 1. The van der Waals surface area contributed by atoms with E-state index in [1.54, 1.807) is 7.11 Å². The third-order valence-electron chi connectivity index (χ3n) is 2.99. The lowest BCUT2D eigenvalue weighted by atomic mass is 10.2. The van der Waals surface area contributed by atoms with Gasteiger partial charge in [-0.05, 0) is 25.0 Å². The highest BCUT2D eigenvalue weighted by Gasteiger charge is 2.16. The predicted octanol–water partition coefficient (Wildman–Crippen LogP) is 3.62. The van der Waals surface area contributed by atoms with Crippen LogP contribution in [-0.4, -0.2) is 23.3 Å². The Balaban J connectivity index is 2.42. The molecule has 2 atom stereocenters. The van der Waals surface area contributed by atoms with Gasteiger partial charge in [-0.15, -0.1) is 11.6 Å². The average molecular weight is 267 g/mol. The van der Waals surface area contributed by atoms with Crippen LogP contribution in [0.3, 0.4) is 0 Å². The summed E-state index contributed by atoms with van der Waals surface area (Å²) in [4.78, 5) is 4.62. The van der Waals surface area contributed by atoms with Gasteiger partial charge in [0, 0.05) is 13.7 Å². The highest BCUT2D eigenvalue weighted by molar-refractivity contribution is 6.20. The van der Waals surface area contributed by atoms with Crippen molar-refractivity contribution < 1.29 is 4.74 Å². The Kier molecular flexibility index (Phi) is 4.25. The van der Waals surface area contributed by atoms with Crippen LogP contribution in [0.15, 0.2) is 24.3 Å². The van der Waals surface area contributed by atoms with E-state index in [-0.39, 0.29) is 5.38 Å². The highest BCUT2D eigenvalue weighted by Crippen LogP contribution is 2.25. The van der Waals surface area contributed by atoms with Gasteiger partial charge in [0.25, 0.3) is 0 Å². The Labute approximate surface area is 113 Å². The SMILES string of the molecule is COCC(C)Cn1c(C(C)Cl)nc2ccccc21. The van der Waals surface area contributed by atoms with Crippen LogP contribution >= 0.6 is 11.6 Å². The summed E-state index contributed by atoms with van der Waals surface area (Å²) in [6.45, 7) is 5.74. The molecule has 4 heteroatoms. The maximum Gasteiger partial charge on any atom is 0.127 e. The first-order chi connectivity index (χ1) is 8.63. The standard InChI is InChI=1S/C14H19ClN2O/c1-10(9-18-3)8-17-13-7-5-4-6-12(13)16-14(17)11(2)15/h4-7,10-11H,8-9H2,1-3H3. The van der Waals surface area contributed by atoms with Crippen molar-refractivity contribution in [2.24, 2.45) is 5.92 Å². The van der Waals surface area contributed by atoms with E-state index in [1.165, 1.54) is 0 Å². The van der Waals surface area contributed by atoms with Gasteiger partial charge >= 0.3 is 0 Å². The van der Waals surface area contributed by atoms with Gasteiger partial charge in [0.1, 0.15) is 5.82 Å². The van der Waals surface area contributed by atoms with Crippen LogP contribution in [0.4, 0.5) is 0 Å². The van der Waals surface area contributed by atoms with Crippen molar-refractivity contribution in [1.82, 2.24) is 9.55 Å². The number of ether oxygens (including phenoxy) is 1. The van der Waals surface area contributed by atoms with E-state index in [9.17, 15) is 0 Å². The molecule has 2 rings (SSSR count). The lowest BCUT2D eigenvalue weighted by Gasteiger charge is -2.15. The Morgan fingerprint density at radius 1 is 1.33 bits per heavy atom. The molecule has 0 radical (unpaired) electrons. The molecule has 1 aromatic carbocycles. The molecule has 2 unspecified atom stereocenters. The van der Waals surface area contributed by atoms with Gasteiger partial charge in [-0.25, -0.2) is 4.98 Å². The van der Waals surface area contributed by atoms with E-state index < -0.39 is 0 Å². The predicted molar refractivity (Wildman–Crippen MR) is 75.0 cm³/mol. The van der Waals surface area contributed by atoms with Crippen molar-refractivity contribution >= 4 is 22.6 Å². The third kappa shape index (κ3) is 2.68. The average Bonchev–Trinajstić information content (AvgIpc) is 2.69. The lowest BCUT2D eigenvalue weighted by Crippen LogP contribution is -2.15. The van der Waals surface area contributed by atoms with Gasteiger partial charge in [-0.2, -0.15) is 0 Å². The van der Waals surface area contributed by atoms with E-state index in [2.05, 4.69) is 22.5 Å². The van der Waals surface area contributed by atoms with Crippen molar-refractivity contribution in [1.29, 1.82) is 0 Å². The highest BCUT2D eigenvalue weighted by atomic mass is 35.5. The number of fused-ring (bicyclic) bond motifs is 1. The second-order valence-electron chi connectivity index (χ2n) is 4.75. The molecule has 0 aliphatic heterocycles. The summed E-state index contributed by atoms with van der Waals surface area (Å²) in [6, 6.07) is 8.14. The number of aromatic nitrogens is 2. The van der Waals surface area contributed by atoms with Gasteiger partial charge < -0.3 is 9.30 Å². The van der Waals surface area contributed by atoms with Crippen LogP contribution in [0, 0.1) is 5.92 Å². The maximum atomic E-state index is 6.23. The molecule has 18 heavy (non-hydrogen) atoms. The molecule has 0 amide bonds. The van der Waals surface area contributed by atoms with Crippen LogP contribution in [0.2, 0.25) is 0 Å². The number of nitrogens with zero attached hydrogens (tertiary/aromatic N) is 2. The van der Waals surface area contributed by atoms with E-state index in [4.69, 9.17) is 16.3 Å². The van der Waals surface area contributed by atoms with E-state index in [0.717, 1.165) is 30.0 Å². The van der Waals surface area contributed by atoms with Crippen molar-refractivity contribution in [3.63, 3.8) is 0 Å². The molecule has 0 aliphatic carbocycles. The van der Waals surface area contributed by atoms with Crippen LogP contribution in [0.25, 0.3) is 11.0 Å². The fourth-order valence-corrected chi connectivity index (χ4v) is 2.41. The monoisotopic (exact) mass is 266 g/mol. The molecule has 0 spiro atoms. The van der Waals surface area contributed by atoms with E-state index in [1.807, 2.05) is 25.1 Å². The molecular weight excluding hydrogens is 248 g/mol. The summed E-state index contributed by atoms with van der Waals surface area (Å²) >= 11 is 6.23. The number of para-hydroxylation sites is 2. The summed E-state index contributed by atoms with van der Waals surface area (Å²) in [5.41, 5.74) is 2.15. The van der Waals surface area contributed by atoms with Gasteiger partial charge in [-0.1, -0.05) is 19.1 Å². The largest absolute Gasteiger partial charge is 0.384 e. The second kappa shape index (κ2) is 5.72. The molecule has 0 N–H and O–H groups in total. The molecule has 3 nitrogen and oxygen atoms in total. The number of hydrogen-bond donors (Lipinski definition) is 0. The van der Waals surface area contributed by atoms with Crippen molar-refractivity contribution in [2.75, 3.05) is 13.7 Å². The molecule has 1 aromatic heterocycles. The zero-order valence-electron chi connectivity index (χ0n) is 11.1. The minimum absolute atomic E-state index is 0.0906. The minimum Gasteiger partial charge on any atom is -0.384 e. The number of benzene rings is 1. The molecular formula is C14H19ClN2O. The summed E-state index contributed by atoms with van der Waals surface area (Å²) in [5, 5.41) is -0.0906. The first-order valence-electron chi connectivity index (χ1n) is 6.21. The van der Waals surface area contributed by atoms with Gasteiger partial charge in [0.15, 0.2) is 0 Å². The molecule has 0 fully saturated rings. The van der Waals surface area contributed by atoms with Crippen LogP contribution in [-0.2, 0) is 11.3 Å². The Morgan fingerprint density at radius 2 is 2.06 bits per heavy atom. The lowest BCUT2D eigenvalue weighted by molar-refractivity contribution is 0.151. The Bertz CT molecular complexity index is 521. The van der Waals surface area contributed by atoms with Crippen molar-refractivity contribution in [3.8, 4) is 0 Å². The van der Waals surface area contributed by atoms with Crippen molar-refractivity contribution in [3.05, 3.63) is 30.1 Å². The molecule has 0 saturated carbocycles. The summed E-state index contributed by atoms with van der Waals surface area (Å²) in [6.07, 6.45) is 0. The summed E-state index contributed by atoms with van der Waals surface area (Å²) in [5.74, 6) is 1.36. The molecule has 0 aliphatic rings. The summed E-state index contributed by atoms with van der Waals surface area (Å²) < 4.78 is 7.40. The van der Waals surface area contributed by atoms with Gasteiger partial charge in [-0.3, -0.25) is 0 Å². The fraction of sp³-hybridized carbons (Fsp3) is 0.500. The molecule has 2 aromatic rings. The second-order valence-corrected chi connectivity index (χ2v) is 5.40. The molecule has 0 saturated heterocycles. The van der Waals surface area contributed by atoms with Crippen LogP contribution in [0.5, 0.6) is 0 Å². The minimum atomic E-state index is -0.0906. The number of imidazole rings is 1. The van der Waals surface area contributed by atoms with Crippen LogP contribution < -0.4 is 0 Å². The molecule has 1 heterocycles. The van der Waals surface area contributed by atoms with Gasteiger partial charge in [0.05, 0.1) is 23.0 Å². The van der Waals surface area contributed by atoms with Crippen LogP contribution in [0.1, 0.15) is 25.0 Å². The van der Waals surface area contributed by atoms with Crippen molar-refractivity contribution in [2.45, 2.75) is 25.8 Å². The summed E-state index contributed by atoms with van der Waals surface area (Å²) in [7, 11) is 1.73. The van der Waals surface area contributed by atoms with E-state index in [0.29, 0.717) is 5.92 Å². The molecule has 98 valence electrons. The van der Waals surface area contributed by atoms with Gasteiger partial charge in [0.2, 0.25) is 0 Å². The Morgan fingerprint density at radius 3 is 2.72 bits per heavy atom. The first-order valence-corrected chi connectivity index (χ1v) is 6.65. The Hall–Kier alpha value is -1.06. The quantitative estimate of drug-likeness (QED) is 0.773. The topological polar surface area (TPSA) is 27.1 Å².